The summed E-state index contributed by atoms with van der Waals surface area (Å²) in [6.45, 7) is 6.55. The van der Waals surface area contributed by atoms with Gasteiger partial charge in [-0.2, -0.15) is 8.78 Å². The summed E-state index contributed by atoms with van der Waals surface area (Å²) in [5, 5.41) is 8.19. The first-order chi connectivity index (χ1) is 34.1. The van der Waals surface area contributed by atoms with Crippen LogP contribution in [0.25, 0.3) is 10.1 Å². The minimum absolute atomic E-state index is 0.0104. The summed E-state index contributed by atoms with van der Waals surface area (Å²) in [5.41, 5.74) is -2.94. The van der Waals surface area contributed by atoms with E-state index in [9.17, 15) is 56.7 Å². The van der Waals surface area contributed by atoms with E-state index in [-0.39, 0.29) is 66.9 Å². The molecule has 380 valence electrons. The minimum atomic E-state index is -5.84. The lowest BCUT2D eigenvalue weighted by atomic mass is 9.85. The van der Waals surface area contributed by atoms with Crippen molar-refractivity contribution in [3.63, 3.8) is 0 Å². The fourth-order valence-corrected chi connectivity index (χ4v) is 10.9. The predicted molar refractivity (Wildman–Crippen MR) is 262 cm³/mol. The molecule has 21 heteroatoms. The Kier molecular flexibility index (Phi) is 15.0. The van der Waals surface area contributed by atoms with Gasteiger partial charge < -0.3 is 39.9 Å². The van der Waals surface area contributed by atoms with E-state index >= 15 is 0 Å². The number of amides is 7. The number of ether oxygens (including phenoxy) is 1. The van der Waals surface area contributed by atoms with Crippen LogP contribution in [0.15, 0.2) is 60.7 Å². The maximum atomic E-state index is 14.8. The van der Waals surface area contributed by atoms with Crippen LogP contribution in [0.4, 0.5) is 14.5 Å². The number of aryl methyl sites for hydroxylation is 1. The number of halogens is 2. The van der Waals surface area contributed by atoms with Gasteiger partial charge in [-0.15, -0.1) is 11.3 Å². The molecule has 72 heavy (non-hydrogen) atoms. The van der Waals surface area contributed by atoms with Gasteiger partial charge in [0.05, 0.1) is 11.5 Å². The highest BCUT2D eigenvalue weighted by atomic mass is 32.1. The second-order valence-electron chi connectivity index (χ2n) is 19.4. The molecule has 0 saturated carbocycles. The number of piperidine rings is 1. The maximum absolute atomic E-state index is 14.8. The molecule has 4 aromatic rings. The first kappa shape index (κ1) is 51.8. The molecule has 3 atom stereocenters. The summed E-state index contributed by atoms with van der Waals surface area (Å²) in [6, 6.07) is 12.2. The highest BCUT2D eigenvalue weighted by molar-refractivity contribution is 7.52. The number of fused-ring (bicyclic) bond motifs is 3. The number of hydrogen-bond donors (Lipinski definition) is 5. The zero-order chi connectivity index (χ0) is 51.7. The Bertz CT molecular complexity index is 2980. The quantitative estimate of drug-likeness (QED) is 0.0444. The Labute approximate surface area is 418 Å². The molecule has 5 N–H and O–H groups in total. The second kappa shape index (κ2) is 20.9. The molecule has 0 radical (unpaired) electrons. The summed E-state index contributed by atoms with van der Waals surface area (Å²) in [7, 11) is -5.84. The van der Waals surface area contributed by atoms with Crippen molar-refractivity contribution in [2.45, 2.75) is 109 Å². The number of nitrogens with zero attached hydrogens (tertiary/aromatic N) is 3. The molecule has 8 rings (SSSR count). The number of alkyl halides is 2. The third-order valence-electron chi connectivity index (χ3n) is 13.3. The number of hydrogen-bond acceptors (Lipinski definition) is 10. The lowest BCUT2D eigenvalue weighted by Crippen LogP contribution is -2.58. The smallest absolute Gasteiger partial charge is 0.399 e. The molecular weight excluding hydrogens is 974 g/mol. The number of imide groups is 1. The zero-order valence-electron chi connectivity index (χ0n) is 39.9. The molecule has 0 spiro atoms. The standard InChI is InChI=1S/C51H55F2N6O11PS/c1-50(2,3)44(56-46(63)41-28-32-26-33(15-19-40(32)72-41)51(52,53)71(67,68)69)49(66)58-23-8-14-38(58)48(65)57(34-16-18-39-31(27-34)12-9-25-70-39)24-21-42(60)54-22-6-4-5-10-30-11-7-13-35-36(30)29-59(47(35)64)37-17-20-43(61)55-45(37)62/h7,11,13,15-16,18-19,26-28,37-38,44H,4,6,8-9,12,14,17,20-25,29H2,1-3H3,(H,54,60)(H,56,63)(H,55,61,62)(H2,67,68,69)/t37?,38-,44+/m0/s1. The summed E-state index contributed by atoms with van der Waals surface area (Å²) in [5.74, 6) is 3.93. The maximum Gasteiger partial charge on any atom is 0.399 e. The first-order valence-corrected chi connectivity index (χ1v) is 26.2. The Hall–Kier alpha value is -6.52. The fraction of sp³-hybridized carbons (Fsp3) is 0.431. The van der Waals surface area contributed by atoms with Crippen molar-refractivity contribution in [3.05, 3.63) is 93.4 Å². The van der Waals surface area contributed by atoms with Crippen LogP contribution in [0.1, 0.15) is 114 Å². The van der Waals surface area contributed by atoms with E-state index in [4.69, 9.17) is 4.74 Å². The van der Waals surface area contributed by atoms with Crippen LogP contribution < -0.4 is 25.6 Å². The van der Waals surface area contributed by atoms with E-state index in [2.05, 4.69) is 27.8 Å². The summed E-state index contributed by atoms with van der Waals surface area (Å²) in [4.78, 5) is 117. The largest absolute Gasteiger partial charge is 0.493 e. The molecule has 1 aromatic heterocycles. The molecule has 2 saturated heterocycles. The Balaban J connectivity index is 0.911. The normalized spacial score (nSPS) is 18.3. The van der Waals surface area contributed by atoms with Gasteiger partial charge in [0.2, 0.25) is 29.5 Å². The van der Waals surface area contributed by atoms with Crippen molar-refractivity contribution in [3.8, 4) is 17.6 Å². The van der Waals surface area contributed by atoms with Gasteiger partial charge >= 0.3 is 13.3 Å². The molecule has 4 aliphatic rings. The van der Waals surface area contributed by atoms with Gasteiger partial charge in [-0.3, -0.25) is 43.4 Å². The number of benzene rings is 3. The molecule has 2 fully saturated rings. The van der Waals surface area contributed by atoms with Crippen molar-refractivity contribution in [2.24, 2.45) is 5.41 Å². The average Bonchev–Trinajstić information content (AvgIpc) is 4.09. The SMILES string of the molecule is CC(C)(C)[C@H](NC(=O)c1cc2cc(C(F)(F)P(=O)(O)O)ccc2s1)C(=O)N1CCC[C@H]1C(=O)N(CCC(=O)NCCCC#Cc1cccc2c1CN(C1CCC(=O)NC1=O)C2=O)c1ccc2c(c1)CCCO2. The number of unbranched alkanes of at least 4 members (excludes halogenated alkanes) is 1. The number of anilines is 1. The monoisotopic (exact) mass is 1030 g/mol. The Morgan fingerprint density at radius 1 is 1.01 bits per heavy atom. The molecule has 17 nitrogen and oxygen atoms in total. The van der Waals surface area contributed by atoms with Gasteiger partial charge in [0, 0.05) is 72.5 Å². The van der Waals surface area contributed by atoms with E-state index in [1.54, 1.807) is 45.0 Å². The van der Waals surface area contributed by atoms with Gasteiger partial charge in [0.15, 0.2) is 0 Å². The highest BCUT2D eigenvalue weighted by Crippen LogP contribution is 2.59. The van der Waals surface area contributed by atoms with Crippen LogP contribution in [-0.4, -0.2) is 105 Å². The zero-order valence-corrected chi connectivity index (χ0v) is 41.6. The van der Waals surface area contributed by atoms with E-state index in [0.29, 0.717) is 71.7 Å². The number of rotatable bonds is 14. The number of carbonyl (C=O) groups is 7. The van der Waals surface area contributed by atoms with Crippen molar-refractivity contribution in [1.82, 2.24) is 25.8 Å². The molecule has 7 amide bonds. The van der Waals surface area contributed by atoms with Crippen molar-refractivity contribution in [1.29, 1.82) is 0 Å². The molecule has 0 bridgehead atoms. The van der Waals surface area contributed by atoms with Crippen molar-refractivity contribution in [2.75, 3.05) is 31.1 Å². The van der Waals surface area contributed by atoms with Gasteiger partial charge in [-0.05, 0) is 109 Å². The van der Waals surface area contributed by atoms with Gasteiger partial charge in [-0.1, -0.05) is 44.7 Å². The first-order valence-electron chi connectivity index (χ1n) is 23.8. The van der Waals surface area contributed by atoms with Crippen LogP contribution in [0, 0.1) is 17.3 Å². The molecule has 0 aliphatic carbocycles. The fourth-order valence-electron chi connectivity index (χ4n) is 9.44. The van der Waals surface area contributed by atoms with E-state index in [0.717, 1.165) is 41.9 Å². The topological polar surface area (TPSA) is 232 Å². The summed E-state index contributed by atoms with van der Waals surface area (Å²) >= 11 is 0.957. The molecule has 4 aliphatic heterocycles. The predicted octanol–water partition coefficient (Wildman–Crippen LogP) is 5.72. The van der Waals surface area contributed by atoms with Gasteiger partial charge in [0.25, 0.3) is 11.8 Å². The number of thiophene rings is 1. The van der Waals surface area contributed by atoms with E-state index in [1.807, 2.05) is 12.1 Å². The summed E-state index contributed by atoms with van der Waals surface area (Å²) in [6.07, 6.45) is 3.60. The van der Waals surface area contributed by atoms with E-state index in [1.165, 1.54) is 26.8 Å². The molecule has 3 aromatic carbocycles. The van der Waals surface area contributed by atoms with Crippen LogP contribution in [0.3, 0.4) is 0 Å². The lowest BCUT2D eigenvalue weighted by molar-refractivity contribution is -0.141. The minimum Gasteiger partial charge on any atom is -0.493 e. The van der Waals surface area contributed by atoms with Crippen molar-refractivity contribution >= 4 is 76.1 Å². The van der Waals surface area contributed by atoms with Crippen LogP contribution in [0.2, 0.25) is 0 Å². The van der Waals surface area contributed by atoms with Gasteiger partial charge in [0.1, 0.15) is 23.9 Å². The Morgan fingerprint density at radius 2 is 1.81 bits per heavy atom. The summed E-state index contributed by atoms with van der Waals surface area (Å²) < 4.78 is 46.8. The molecule has 5 heterocycles. The number of likely N-dealkylation sites (tertiary alicyclic amines) is 1. The lowest BCUT2D eigenvalue weighted by Gasteiger charge is -2.36. The van der Waals surface area contributed by atoms with Crippen LogP contribution in [0.5, 0.6) is 5.75 Å². The Morgan fingerprint density at radius 3 is 2.56 bits per heavy atom. The third-order valence-corrected chi connectivity index (χ3v) is 15.4. The average molecular weight is 1030 g/mol. The van der Waals surface area contributed by atoms with Crippen LogP contribution >= 0.6 is 18.9 Å². The van der Waals surface area contributed by atoms with Gasteiger partial charge in [-0.25, -0.2) is 0 Å². The number of carbonyl (C=O) groups excluding carboxylic acids is 7. The molecule has 1 unspecified atom stereocenters. The number of nitrogens with one attached hydrogen (secondary N) is 3. The van der Waals surface area contributed by atoms with Crippen LogP contribution in [-0.2, 0) is 47.2 Å². The van der Waals surface area contributed by atoms with Crippen molar-refractivity contribution < 1.29 is 61.4 Å². The molecular formula is C51H55F2N6O11PS. The second-order valence-corrected chi connectivity index (χ2v) is 22.1. The van der Waals surface area contributed by atoms with E-state index < -0.39 is 66.0 Å². The highest BCUT2D eigenvalue weighted by Gasteiger charge is 2.50. The third kappa shape index (κ3) is 10.9.